The van der Waals surface area contributed by atoms with Crippen molar-refractivity contribution < 1.29 is 26.7 Å². The number of hydrogen-bond donors (Lipinski definition) is 2. The molecule has 4 saturated carbocycles. The molecule has 1 amide bonds. The summed E-state index contributed by atoms with van der Waals surface area (Å²) in [5.74, 6) is -7.46. The van der Waals surface area contributed by atoms with Crippen LogP contribution in [0.5, 0.6) is 0 Å². The van der Waals surface area contributed by atoms with Crippen LogP contribution in [0.25, 0.3) is 0 Å². The quantitative estimate of drug-likeness (QED) is 0.244. The van der Waals surface area contributed by atoms with Crippen molar-refractivity contribution >= 4 is 12.1 Å². The zero-order valence-corrected chi connectivity index (χ0v) is 16.3. The van der Waals surface area contributed by atoms with Crippen molar-refractivity contribution in [2.75, 3.05) is 0 Å². The maximum atomic E-state index is 13.7. The summed E-state index contributed by atoms with van der Waals surface area (Å²) in [6.07, 6.45) is 7.82. The summed E-state index contributed by atoms with van der Waals surface area (Å²) in [4.78, 5) is 19.7. The highest BCUT2D eigenvalue weighted by Crippen LogP contribution is 2.59. The SMILES string of the molecule is O=C(N/N=C/c1c(F)c(F)c(F)c(F)c1F)c1cnc(C2C3CC4CC(C3)CC2C4)[nH]1. The number of nitrogens with one attached hydrogen (secondary N) is 2. The minimum atomic E-state index is -2.26. The van der Waals surface area contributed by atoms with Gasteiger partial charge in [-0.2, -0.15) is 5.10 Å². The van der Waals surface area contributed by atoms with Crippen molar-refractivity contribution in [3.63, 3.8) is 0 Å². The van der Waals surface area contributed by atoms with Crippen molar-refractivity contribution in [1.82, 2.24) is 15.4 Å². The highest BCUT2D eigenvalue weighted by Gasteiger charge is 2.49. The average molecular weight is 438 g/mol. The summed E-state index contributed by atoms with van der Waals surface area (Å²) in [6.45, 7) is 0. The molecule has 5 nitrogen and oxygen atoms in total. The molecule has 0 spiro atoms. The molecule has 4 aliphatic carbocycles. The molecule has 1 aromatic carbocycles. The second kappa shape index (κ2) is 7.42. The number of halogens is 5. The normalized spacial score (nSPS) is 29.1. The average Bonchev–Trinajstić information content (AvgIpc) is 3.22. The van der Waals surface area contributed by atoms with Crippen molar-refractivity contribution in [3.8, 4) is 0 Å². The van der Waals surface area contributed by atoms with Gasteiger partial charge in [0.25, 0.3) is 5.91 Å². The smallest absolute Gasteiger partial charge is 0.289 e. The minimum absolute atomic E-state index is 0.110. The molecule has 0 saturated heterocycles. The lowest BCUT2D eigenvalue weighted by Crippen LogP contribution is -2.44. The fourth-order valence-corrected chi connectivity index (χ4v) is 5.94. The van der Waals surface area contributed by atoms with Crippen molar-refractivity contribution in [3.05, 3.63) is 52.4 Å². The maximum Gasteiger partial charge on any atom is 0.289 e. The van der Waals surface area contributed by atoms with Gasteiger partial charge < -0.3 is 4.98 Å². The molecule has 1 heterocycles. The van der Waals surface area contributed by atoms with E-state index in [1.807, 2.05) is 5.43 Å². The van der Waals surface area contributed by atoms with Crippen LogP contribution in [0.3, 0.4) is 0 Å². The molecule has 2 aromatic rings. The number of aromatic nitrogens is 2. The first kappa shape index (κ1) is 20.1. The van der Waals surface area contributed by atoms with Crippen LogP contribution in [0.1, 0.15) is 59.9 Å². The second-order valence-corrected chi connectivity index (χ2v) is 8.82. The Morgan fingerprint density at radius 3 is 2.06 bits per heavy atom. The van der Waals surface area contributed by atoms with Gasteiger partial charge in [0.2, 0.25) is 5.82 Å². The third-order valence-corrected chi connectivity index (χ3v) is 6.99. The number of carbonyl (C=O) groups is 1. The summed E-state index contributed by atoms with van der Waals surface area (Å²) < 4.78 is 66.9. The molecule has 0 aliphatic heterocycles. The van der Waals surface area contributed by atoms with Gasteiger partial charge in [0.15, 0.2) is 23.3 Å². The lowest BCUT2D eigenvalue weighted by atomic mass is 9.52. The Labute approximate surface area is 174 Å². The lowest BCUT2D eigenvalue weighted by molar-refractivity contribution is -0.00541. The molecular weight excluding hydrogens is 419 g/mol. The summed E-state index contributed by atoms with van der Waals surface area (Å²) >= 11 is 0. The van der Waals surface area contributed by atoms with Gasteiger partial charge in [0.05, 0.1) is 18.0 Å². The first-order chi connectivity index (χ1) is 14.8. The summed E-state index contributed by atoms with van der Waals surface area (Å²) in [6, 6.07) is 0. The van der Waals surface area contributed by atoms with Gasteiger partial charge in [0, 0.05) is 5.92 Å². The zero-order valence-electron chi connectivity index (χ0n) is 16.3. The summed E-state index contributed by atoms with van der Waals surface area (Å²) in [7, 11) is 0. The molecular formula is C21H19F5N4O. The molecule has 0 unspecified atom stereocenters. The van der Waals surface area contributed by atoms with Crippen molar-refractivity contribution in [2.24, 2.45) is 28.8 Å². The van der Waals surface area contributed by atoms with E-state index in [1.54, 1.807) is 0 Å². The summed E-state index contributed by atoms with van der Waals surface area (Å²) in [5, 5.41) is 3.34. The molecule has 0 atom stereocenters. The Morgan fingerprint density at radius 2 is 1.48 bits per heavy atom. The van der Waals surface area contributed by atoms with E-state index in [0.717, 1.165) is 17.7 Å². The van der Waals surface area contributed by atoms with E-state index >= 15 is 0 Å². The molecule has 1 aromatic heterocycles. The van der Waals surface area contributed by atoms with E-state index in [2.05, 4.69) is 15.1 Å². The first-order valence-corrected chi connectivity index (χ1v) is 10.2. The third kappa shape index (κ3) is 3.32. The van der Waals surface area contributed by atoms with Crippen LogP contribution >= 0.6 is 0 Å². The number of hydrogen-bond acceptors (Lipinski definition) is 3. The lowest BCUT2D eigenvalue weighted by Gasteiger charge is -2.53. The zero-order chi connectivity index (χ0) is 21.9. The number of aromatic amines is 1. The van der Waals surface area contributed by atoms with Gasteiger partial charge in [0.1, 0.15) is 11.5 Å². The Bertz CT molecular complexity index is 1020. The van der Waals surface area contributed by atoms with E-state index in [9.17, 15) is 26.7 Å². The van der Waals surface area contributed by atoms with Gasteiger partial charge in [-0.1, -0.05) is 0 Å². The fourth-order valence-electron chi connectivity index (χ4n) is 5.94. The van der Waals surface area contributed by atoms with Crippen LogP contribution in [0, 0.1) is 52.8 Å². The van der Waals surface area contributed by atoms with Gasteiger partial charge in [-0.05, 0) is 55.8 Å². The number of amides is 1. The van der Waals surface area contributed by atoms with Gasteiger partial charge in [-0.15, -0.1) is 0 Å². The van der Waals surface area contributed by atoms with E-state index in [0.29, 0.717) is 18.1 Å². The standard InChI is InChI=1S/C21H19F5N4O/c22-15-12(16(23)18(25)19(26)17(15)24)6-28-30-21(31)13-7-27-20(29-13)14-10-2-8-1-9(4-10)5-11(14)3-8/h6-11,14H,1-5H2,(H,27,29)(H,30,31)/b28-6+. The molecule has 4 aliphatic rings. The Hall–Kier alpha value is -2.78. The first-order valence-electron chi connectivity index (χ1n) is 10.2. The highest BCUT2D eigenvalue weighted by atomic mass is 19.2. The van der Waals surface area contributed by atoms with E-state index in [-0.39, 0.29) is 11.6 Å². The highest BCUT2D eigenvalue weighted by molar-refractivity contribution is 5.93. The van der Waals surface area contributed by atoms with E-state index < -0.39 is 40.6 Å². The molecule has 2 N–H and O–H groups in total. The number of H-pyrrole nitrogens is 1. The number of rotatable bonds is 4. The Morgan fingerprint density at radius 1 is 0.935 bits per heavy atom. The fraction of sp³-hybridized carbons (Fsp3) is 0.476. The molecule has 4 fully saturated rings. The molecule has 164 valence electrons. The topological polar surface area (TPSA) is 70.1 Å². The Kier molecular flexibility index (Phi) is 4.82. The van der Waals surface area contributed by atoms with Crippen LogP contribution < -0.4 is 5.43 Å². The number of nitrogens with zero attached hydrogens (tertiary/aromatic N) is 2. The monoisotopic (exact) mass is 438 g/mol. The molecule has 6 rings (SSSR count). The minimum Gasteiger partial charge on any atom is -0.338 e. The summed E-state index contributed by atoms with van der Waals surface area (Å²) in [5.41, 5.74) is 0.893. The van der Waals surface area contributed by atoms with Crippen LogP contribution in [0.2, 0.25) is 0 Å². The van der Waals surface area contributed by atoms with Crippen LogP contribution in [0.4, 0.5) is 22.0 Å². The van der Waals surface area contributed by atoms with Crippen molar-refractivity contribution in [2.45, 2.75) is 38.0 Å². The Balaban J connectivity index is 1.29. The van der Waals surface area contributed by atoms with E-state index in [1.165, 1.54) is 38.3 Å². The number of benzene rings is 1. The largest absolute Gasteiger partial charge is 0.338 e. The molecule has 10 heteroatoms. The van der Waals surface area contributed by atoms with Gasteiger partial charge in [-0.3, -0.25) is 4.79 Å². The number of hydrazone groups is 1. The molecule has 31 heavy (non-hydrogen) atoms. The van der Waals surface area contributed by atoms with Crippen molar-refractivity contribution in [1.29, 1.82) is 0 Å². The number of carbonyl (C=O) groups excluding carboxylic acids is 1. The van der Waals surface area contributed by atoms with Crippen LogP contribution in [-0.2, 0) is 0 Å². The van der Waals surface area contributed by atoms with Crippen LogP contribution in [-0.4, -0.2) is 22.1 Å². The molecule has 4 bridgehead atoms. The number of imidazole rings is 1. The predicted molar refractivity (Wildman–Crippen MR) is 99.7 cm³/mol. The molecule has 0 radical (unpaired) electrons. The third-order valence-electron chi connectivity index (χ3n) is 6.99. The van der Waals surface area contributed by atoms with E-state index in [4.69, 9.17) is 0 Å². The van der Waals surface area contributed by atoms with Gasteiger partial charge >= 0.3 is 0 Å². The van der Waals surface area contributed by atoms with Gasteiger partial charge in [-0.25, -0.2) is 32.4 Å². The van der Waals surface area contributed by atoms with Crippen LogP contribution in [0.15, 0.2) is 11.3 Å². The second-order valence-electron chi connectivity index (χ2n) is 8.82. The predicted octanol–water partition coefficient (Wildman–Crippen LogP) is 4.41. The maximum absolute atomic E-state index is 13.7.